The number of nitrogens with one attached hydrogen (secondary N) is 1. The normalized spacial score (nSPS) is 22.0. The SMILES string of the molecule is CCOC(=O)/C(C)=C/[C@H](C(C)C)N(C)C(=O)C(NC(=O)[C@H]1CCCCN1C(C)C)C1CCCC1. The molecule has 194 valence electrons. The zero-order valence-corrected chi connectivity index (χ0v) is 22.4. The van der Waals surface area contributed by atoms with Gasteiger partial charge in [-0.15, -0.1) is 0 Å². The van der Waals surface area contributed by atoms with Gasteiger partial charge in [-0.3, -0.25) is 14.5 Å². The predicted octanol–water partition coefficient (Wildman–Crippen LogP) is 3.92. The lowest BCUT2D eigenvalue weighted by atomic mass is 9.93. The van der Waals surface area contributed by atoms with Crippen LogP contribution >= 0.6 is 0 Å². The molecule has 2 amide bonds. The van der Waals surface area contributed by atoms with Gasteiger partial charge in [-0.25, -0.2) is 4.79 Å². The molecule has 0 aromatic rings. The second-order valence-corrected chi connectivity index (χ2v) is 10.6. The Hall–Kier alpha value is -1.89. The number of carbonyl (C=O) groups excluding carboxylic acids is 3. The second-order valence-electron chi connectivity index (χ2n) is 10.6. The van der Waals surface area contributed by atoms with Crippen LogP contribution in [-0.4, -0.2) is 72.0 Å². The van der Waals surface area contributed by atoms with E-state index in [1.165, 1.54) is 0 Å². The Kier molecular flexibility index (Phi) is 11.1. The van der Waals surface area contributed by atoms with Gasteiger partial charge < -0.3 is 15.0 Å². The van der Waals surface area contributed by atoms with Gasteiger partial charge in [0.2, 0.25) is 11.8 Å². The smallest absolute Gasteiger partial charge is 0.333 e. The van der Waals surface area contributed by atoms with E-state index < -0.39 is 6.04 Å². The van der Waals surface area contributed by atoms with Crippen LogP contribution in [0.4, 0.5) is 0 Å². The zero-order chi connectivity index (χ0) is 25.4. The molecule has 34 heavy (non-hydrogen) atoms. The van der Waals surface area contributed by atoms with E-state index in [1.54, 1.807) is 25.8 Å². The molecule has 0 radical (unpaired) electrons. The third-order valence-electron chi connectivity index (χ3n) is 7.44. The largest absolute Gasteiger partial charge is 0.463 e. The number of ether oxygens (including phenoxy) is 1. The molecule has 0 bridgehead atoms. The molecule has 2 fully saturated rings. The number of nitrogens with zero attached hydrogens (tertiary/aromatic N) is 2. The first-order valence-electron chi connectivity index (χ1n) is 13.3. The molecule has 1 unspecified atom stereocenters. The summed E-state index contributed by atoms with van der Waals surface area (Å²) in [4.78, 5) is 43.5. The minimum Gasteiger partial charge on any atom is -0.463 e. The van der Waals surface area contributed by atoms with Crippen molar-refractivity contribution in [1.29, 1.82) is 0 Å². The second kappa shape index (κ2) is 13.3. The van der Waals surface area contributed by atoms with Crippen molar-refractivity contribution < 1.29 is 19.1 Å². The van der Waals surface area contributed by atoms with Crippen LogP contribution in [0.3, 0.4) is 0 Å². The highest BCUT2D eigenvalue weighted by Gasteiger charge is 2.39. The highest BCUT2D eigenvalue weighted by molar-refractivity contribution is 5.91. The van der Waals surface area contributed by atoms with Gasteiger partial charge in [0.15, 0.2) is 0 Å². The minimum absolute atomic E-state index is 0.0219. The van der Waals surface area contributed by atoms with Crippen molar-refractivity contribution in [3.8, 4) is 0 Å². The number of carbonyl (C=O) groups is 3. The van der Waals surface area contributed by atoms with Crippen LogP contribution in [-0.2, 0) is 19.1 Å². The van der Waals surface area contributed by atoms with E-state index in [1.807, 2.05) is 19.9 Å². The lowest BCUT2D eigenvalue weighted by Crippen LogP contribution is -2.59. The fraction of sp³-hybridized carbons (Fsp3) is 0.815. The maximum absolute atomic E-state index is 13.8. The zero-order valence-electron chi connectivity index (χ0n) is 22.4. The monoisotopic (exact) mass is 477 g/mol. The van der Waals surface area contributed by atoms with Crippen molar-refractivity contribution in [3.63, 3.8) is 0 Å². The summed E-state index contributed by atoms with van der Waals surface area (Å²) in [5, 5.41) is 3.20. The van der Waals surface area contributed by atoms with Crippen LogP contribution in [0, 0.1) is 11.8 Å². The highest BCUT2D eigenvalue weighted by atomic mass is 16.5. The Morgan fingerprint density at radius 1 is 1.06 bits per heavy atom. The number of piperidine rings is 1. The fourth-order valence-electron chi connectivity index (χ4n) is 5.46. The third-order valence-corrected chi connectivity index (χ3v) is 7.44. The summed E-state index contributed by atoms with van der Waals surface area (Å²) >= 11 is 0. The molecule has 1 heterocycles. The van der Waals surface area contributed by atoms with Gasteiger partial charge in [0, 0.05) is 18.7 Å². The third kappa shape index (κ3) is 7.30. The number of esters is 1. The van der Waals surface area contributed by atoms with Crippen LogP contribution in [0.15, 0.2) is 11.6 Å². The maximum Gasteiger partial charge on any atom is 0.333 e. The molecule has 7 nitrogen and oxygen atoms in total. The van der Waals surface area contributed by atoms with E-state index in [0.717, 1.165) is 51.5 Å². The van der Waals surface area contributed by atoms with E-state index in [0.29, 0.717) is 18.2 Å². The maximum atomic E-state index is 13.8. The molecule has 7 heteroatoms. The van der Waals surface area contributed by atoms with Crippen molar-refractivity contribution in [3.05, 3.63) is 11.6 Å². The summed E-state index contributed by atoms with van der Waals surface area (Å²) in [6.07, 6.45) is 8.89. The number of rotatable bonds is 10. The number of hydrogen-bond donors (Lipinski definition) is 1. The van der Waals surface area contributed by atoms with Crippen LogP contribution in [0.5, 0.6) is 0 Å². The van der Waals surface area contributed by atoms with Gasteiger partial charge in [-0.1, -0.05) is 39.2 Å². The van der Waals surface area contributed by atoms with Crippen molar-refractivity contribution in [1.82, 2.24) is 15.1 Å². The number of likely N-dealkylation sites (tertiary alicyclic amines) is 1. The summed E-state index contributed by atoms with van der Waals surface area (Å²) in [7, 11) is 1.79. The standard InChI is InChI=1S/C27H47N3O4/c1-8-34-27(33)20(6)17-23(18(2)3)29(7)26(32)24(21-13-9-10-14-21)28-25(31)22-15-11-12-16-30(22)19(4)5/h17-19,21-24H,8-16H2,1-7H3,(H,28,31)/b20-17+/t22-,23-,24?/m1/s1. The Bertz CT molecular complexity index is 727. The van der Waals surface area contributed by atoms with E-state index in [2.05, 4.69) is 24.1 Å². The van der Waals surface area contributed by atoms with Crippen molar-refractivity contribution in [2.24, 2.45) is 11.8 Å². The van der Waals surface area contributed by atoms with Gasteiger partial charge in [0.25, 0.3) is 0 Å². The van der Waals surface area contributed by atoms with E-state index in [9.17, 15) is 14.4 Å². The molecule has 3 atom stereocenters. The summed E-state index contributed by atoms with van der Waals surface area (Å²) < 4.78 is 5.13. The Morgan fingerprint density at radius 2 is 1.68 bits per heavy atom. The molecule has 1 aliphatic heterocycles. The summed E-state index contributed by atoms with van der Waals surface area (Å²) in [5.74, 6) is -0.197. The predicted molar refractivity (Wildman–Crippen MR) is 135 cm³/mol. The van der Waals surface area contributed by atoms with Gasteiger partial charge in [0.05, 0.1) is 18.7 Å². The number of amides is 2. The van der Waals surface area contributed by atoms with Crippen LogP contribution < -0.4 is 5.32 Å². The lowest BCUT2D eigenvalue weighted by Gasteiger charge is -2.39. The first kappa shape index (κ1) is 28.3. The Morgan fingerprint density at radius 3 is 2.24 bits per heavy atom. The molecular weight excluding hydrogens is 430 g/mol. The molecular formula is C27H47N3O4. The average molecular weight is 478 g/mol. The average Bonchev–Trinajstić information content (AvgIpc) is 3.34. The Labute approximate surface area is 206 Å². The van der Waals surface area contributed by atoms with E-state index in [-0.39, 0.29) is 41.7 Å². The fourth-order valence-corrected chi connectivity index (χ4v) is 5.46. The lowest BCUT2D eigenvalue weighted by molar-refractivity contribution is -0.141. The van der Waals surface area contributed by atoms with Gasteiger partial charge >= 0.3 is 5.97 Å². The first-order chi connectivity index (χ1) is 16.1. The molecule has 0 spiro atoms. The number of hydrogen-bond acceptors (Lipinski definition) is 5. The van der Waals surface area contributed by atoms with E-state index >= 15 is 0 Å². The summed E-state index contributed by atoms with van der Waals surface area (Å²) in [6.45, 7) is 13.1. The molecule has 0 aromatic heterocycles. The van der Waals surface area contributed by atoms with Gasteiger partial charge in [0.1, 0.15) is 6.04 Å². The molecule has 1 N–H and O–H groups in total. The van der Waals surface area contributed by atoms with Crippen molar-refractivity contribution in [2.75, 3.05) is 20.2 Å². The summed E-state index contributed by atoms with van der Waals surface area (Å²) in [5.41, 5.74) is 0.497. The van der Waals surface area contributed by atoms with Crippen LogP contribution in [0.2, 0.25) is 0 Å². The van der Waals surface area contributed by atoms with Gasteiger partial charge in [-0.2, -0.15) is 0 Å². The van der Waals surface area contributed by atoms with E-state index in [4.69, 9.17) is 4.74 Å². The summed E-state index contributed by atoms with van der Waals surface area (Å²) in [6, 6.07) is -0.684. The molecule has 0 aromatic carbocycles. The van der Waals surface area contributed by atoms with Crippen molar-refractivity contribution in [2.45, 2.75) is 111 Å². The van der Waals surface area contributed by atoms with Crippen LogP contribution in [0.1, 0.15) is 86.5 Å². The minimum atomic E-state index is -0.534. The molecule has 2 rings (SSSR count). The molecule has 1 aliphatic carbocycles. The molecule has 1 saturated carbocycles. The van der Waals surface area contributed by atoms with Crippen LogP contribution in [0.25, 0.3) is 0 Å². The number of likely N-dealkylation sites (N-methyl/N-ethyl adjacent to an activating group) is 1. The first-order valence-corrected chi connectivity index (χ1v) is 13.3. The molecule has 1 saturated heterocycles. The quantitative estimate of drug-likeness (QED) is 0.381. The van der Waals surface area contributed by atoms with Gasteiger partial charge in [-0.05, 0) is 71.8 Å². The van der Waals surface area contributed by atoms with Crippen molar-refractivity contribution >= 4 is 17.8 Å². The molecule has 2 aliphatic rings. The highest BCUT2D eigenvalue weighted by Crippen LogP contribution is 2.30. The Balaban J connectivity index is 2.25. The topological polar surface area (TPSA) is 79.0 Å².